The minimum absolute atomic E-state index is 0.304. The highest BCUT2D eigenvalue weighted by atomic mass is 79.9. The molecule has 1 aliphatic rings. The van der Waals surface area contributed by atoms with E-state index in [0.717, 1.165) is 20.2 Å². The van der Waals surface area contributed by atoms with Crippen molar-refractivity contribution >= 4 is 31.9 Å². The predicted octanol–water partition coefficient (Wildman–Crippen LogP) is 4.17. The second kappa shape index (κ2) is 5.94. The summed E-state index contributed by atoms with van der Waals surface area (Å²) in [5.74, 6) is 1.33. The SMILES string of the molecule is COc1ccc2c(c1)OC(c1ncc(Br)cc1Br)C[C@H]2O. The van der Waals surface area contributed by atoms with Gasteiger partial charge in [-0.25, -0.2) is 0 Å². The number of fused-ring (bicyclic) bond motifs is 1. The molecule has 0 amide bonds. The summed E-state index contributed by atoms with van der Waals surface area (Å²) in [6.45, 7) is 0. The van der Waals surface area contributed by atoms with Crippen LogP contribution in [0.4, 0.5) is 0 Å². The van der Waals surface area contributed by atoms with Gasteiger partial charge in [0.1, 0.15) is 17.6 Å². The fourth-order valence-corrected chi connectivity index (χ4v) is 3.62. The molecule has 1 aliphatic heterocycles. The fourth-order valence-electron chi connectivity index (χ4n) is 2.38. The van der Waals surface area contributed by atoms with Crippen LogP contribution in [0, 0.1) is 0 Å². The Labute approximate surface area is 139 Å². The molecule has 1 N–H and O–H groups in total. The number of hydrogen-bond acceptors (Lipinski definition) is 4. The molecule has 1 unspecified atom stereocenters. The number of hydrogen-bond donors (Lipinski definition) is 1. The van der Waals surface area contributed by atoms with Crippen LogP contribution in [0.25, 0.3) is 0 Å². The number of aliphatic hydroxyl groups is 1. The van der Waals surface area contributed by atoms with E-state index in [1.807, 2.05) is 18.2 Å². The van der Waals surface area contributed by atoms with Gasteiger partial charge in [0, 0.05) is 33.2 Å². The van der Waals surface area contributed by atoms with E-state index in [2.05, 4.69) is 36.8 Å². The molecule has 1 aromatic heterocycles. The van der Waals surface area contributed by atoms with Crippen molar-refractivity contribution < 1.29 is 14.6 Å². The molecule has 2 heterocycles. The standard InChI is InChI=1S/C15H13Br2NO3/c1-20-9-2-3-10-12(19)6-14(21-13(10)5-9)15-11(17)4-8(16)7-18-15/h2-5,7,12,14,19H,6H2,1H3/t12-,14?/m1/s1. The number of ether oxygens (including phenoxy) is 2. The van der Waals surface area contributed by atoms with Crippen LogP contribution < -0.4 is 9.47 Å². The summed E-state index contributed by atoms with van der Waals surface area (Å²) in [6.07, 6.45) is 1.30. The number of aliphatic hydroxyl groups excluding tert-OH is 1. The van der Waals surface area contributed by atoms with Gasteiger partial charge in [0.15, 0.2) is 0 Å². The number of rotatable bonds is 2. The molecule has 0 aliphatic carbocycles. The van der Waals surface area contributed by atoms with Crippen molar-refractivity contribution in [3.05, 3.63) is 50.7 Å². The van der Waals surface area contributed by atoms with Crippen molar-refractivity contribution in [2.24, 2.45) is 0 Å². The molecule has 0 fully saturated rings. The number of pyridine rings is 1. The molecule has 1 aromatic carbocycles. The number of halogens is 2. The molecule has 2 atom stereocenters. The Bertz CT molecular complexity index is 678. The van der Waals surface area contributed by atoms with Gasteiger partial charge in [0.25, 0.3) is 0 Å². The zero-order valence-corrected chi connectivity index (χ0v) is 14.4. The Morgan fingerprint density at radius 3 is 2.86 bits per heavy atom. The molecule has 0 radical (unpaired) electrons. The van der Waals surface area contributed by atoms with E-state index < -0.39 is 6.10 Å². The van der Waals surface area contributed by atoms with Crippen molar-refractivity contribution in [3.63, 3.8) is 0 Å². The topological polar surface area (TPSA) is 51.6 Å². The van der Waals surface area contributed by atoms with Crippen molar-refractivity contribution in [2.45, 2.75) is 18.6 Å². The average molecular weight is 415 g/mol. The average Bonchev–Trinajstić information content (AvgIpc) is 2.46. The van der Waals surface area contributed by atoms with Crippen molar-refractivity contribution in [1.29, 1.82) is 0 Å². The van der Waals surface area contributed by atoms with Gasteiger partial charge in [-0.05, 0) is 50.1 Å². The van der Waals surface area contributed by atoms with E-state index in [1.54, 1.807) is 19.4 Å². The summed E-state index contributed by atoms with van der Waals surface area (Å²) >= 11 is 6.87. The van der Waals surface area contributed by atoms with Crippen LogP contribution in [-0.2, 0) is 0 Å². The van der Waals surface area contributed by atoms with Gasteiger partial charge in [0.05, 0.1) is 18.9 Å². The second-order valence-electron chi connectivity index (χ2n) is 4.78. The summed E-state index contributed by atoms with van der Waals surface area (Å²) < 4.78 is 12.9. The van der Waals surface area contributed by atoms with Gasteiger partial charge in [-0.2, -0.15) is 0 Å². The Morgan fingerprint density at radius 2 is 2.14 bits per heavy atom. The third-order valence-corrected chi connectivity index (χ3v) is 4.50. The third-order valence-electron chi connectivity index (χ3n) is 3.43. The van der Waals surface area contributed by atoms with E-state index >= 15 is 0 Å². The summed E-state index contributed by atoms with van der Waals surface area (Å²) in [7, 11) is 1.60. The minimum atomic E-state index is -0.581. The van der Waals surface area contributed by atoms with Gasteiger partial charge in [-0.3, -0.25) is 4.98 Å². The largest absolute Gasteiger partial charge is 0.497 e. The van der Waals surface area contributed by atoms with Crippen LogP contribution >= 0.6 is 31.9 Å². The van der Waals surface area contributed by atoms with Gasteiger partial charge >= 0.3 is 0 Å². The van der Waals surface area contributed by atoms with Gasteiger partial charge < -0.3 is 14.6 Å². The van der Waals surface area contributed by atoms with E-state index in [0.29, 0.717) is 17.9 Å². The number of nitrogens with zero attached hydrogens (tertiary/aromatic N) is 1. The molecular weight excluding hydrogens is 402 g/mol. The molecule has 6 heteroatoms. The van der Waals surface area contributed by atoms with Gasteiger partial charge in [0.2, 0.25) is 0 Å². The van der Waals surface area contributed by atoms with E-state index in [9.17, 15) is 5.11 Å². The molecule has 2 aromatic rings. The monoisotopic (exact) mass is 413 g/mol. The predicted molar refractivity (Wildman–Crippen MR) is 85.6 cm³/mol. The summed E-state index contributed by atoms with van der Waals surface area (Å²) in [5, 5.41) is 10.3. The molecule has 0 spiro atoms. The lowest BCUT2D eigenvalue weighted by molar-refractivity contribution is 0.0630. The molecule has 0 saturated carbocycles. The molecule has 3 rings (SSSR count). The maximum atomic E-state index is 10.3. The van der Waals surface area contributed by atoms with E-state index in [-0.39, 0.29) is 6.10 Å². The van der Waals surface area contributed by atoms with Crippen molar-refractivity contribution in [3.8, 4) is 11.5 Å². The molecule has 4 nitrogen and oxygen atoms in total. The van der Waals surface area contributed by atoms with E-state index in [1.165, 1.54) is 0 Å². The van der Waals surface area contributed by atoms with Crippen LogP contribution in [0.5, 0.6) is 11.5 Å². The molecule has 0 saturated heterocycles. The lowest BCUT2D eigenvalue weighted by Gasteiger charge is -2.30. The Kier molecular flexibility index (Phi) is 4.19. The summed E-state index contributed by atoms with van der Waals surface area (Å²) in [4.78, 5) is 4.39. The summed E-state index contributed by atoms with van der Waals surface area (Å²) in [5.41, 5.74) is 1.55. The van der Waals surface area contributed by atoms with Crippen molar-refractivity contribution in [2.75, 3.05) is 7.11 Å². The van der Waals surface area contributed by atoms with Crippen LogP contribution in [-0.4, -0.2) is 17.2 Å². The molecule has 0 bridgehead atoms. The van der Waals surface area contributed by atoms with Crippen molar-refractivity contribution in [1.82, 2.24) is 4.98 Å². The second-order valence-corrected chi connectivity index (χ2v) is 6.55. The van der Waals surface area contributed by atoms with Gasteiger partial charge in [-0.15, -0.1) is 0 Å². The smallest absolute Gasteiger partial charge is 0.144 e. The van der Waals surface area contributed by atoms with Crippen LogP contribution in [0.2, 0.25) is 0 Å². The quantitative estimate of drug-likeness (QED) is 0.801. The Morgan fingerprint density at radius 1 is 1.33 bits per heavy atom. The molecular formula is C15H13Br2NO3. The highest BCUT2D eigenvalue weighted by molar-refractivity contribution is 9.11. The lowest BCUT2D eigenvalue weighted by atomic mass is 9.97. The third kappa shape index (κ3) is 2.93. The fraction of sp³-hybridized carbons (Fsp3) is 0.267. The molecule has 21 heavy (non-hydrogen) atoms. The number of methoxy groups -OCH3 is 1. The summed E-state index contributed by atoms with van der Waals surface area (Å²) in [6, 6.07) is 7.36. The van der Waals surface area contributed by atoms with Crippen LogP contribution in [0.15, 0.2) is 39.4 Å². The first kappa shape index (κ1) is 14.8. The number of benzene rings is 1. The lowest BCUT2D eigenvalue weighted by Crippen LogP contribution is -2.20. The first-order chi connectivity index (χ1) is 10.1. The maximum Gasteiger partial charge on any atom is 0.144 e. The zero-order chi connectivity index (χ0) is 15.0. The normalized spacial score (nSPS) is 20.6. The number of aromatic nitrogens is 1. The highest BCUT2D eigenvalue weighted by Crippen LogP contribution is 2.43. The highest BCUT2D eigenvalue weighted by Gasteiger charge is 2.30. The Hall–Kier alpha value is -1.11. The first-order valence-electron chi connectivity index (χ1n) is 6.42. The van der Waals surface area contributed by atoms with Crippen LogP contribution in [0.1, 0.15) is 29.9 Å². The maximum absolute atomic E-state index is 10.3. The zero-order valence-electron chi connectivity index (χ0n) is 11.2. The van der Waals surface area contributed by atoms with E-state index in [4.69, 9.17) is 9.47 Å². The van der Waals surface area contributed by atoms with Crippen LogP contribution in [0.3, 0.4) is 0 Å². The van der Waals surface area contributed by atoms with Gasteiger partial charge in [-0.1, -0.05) is 0 Å². The first-order valence-corrected chi connectivity index (χ1v) is 8.00. The Balaban J connectivity index is 1.96. The molecule has 110 valence electrons. The minimum Gasteiger partial charge on any atom is -0.497 e.